The van der Waals surface area contributed by atoms with Gasteiger partial charge in [0.05, 0.1) is 11.7 Å². The molecule has 3 aliphatic rings. The van der Waals surface area contributed by atoms with Gasteiger partial charge in [0, 0.05) is 17.7 Å². The number of nitrogens with two attached hydrogens (primary N) is 1. The number of carbonyl (C=O) groups is 4. The first-order valence-corrected chi connectivity index (χ1v) is 15.1. The molecule has 2 amide bonds. The molecule has 1 unspecified atom stereocenters. The smallest absolute Gasteiger partial charge is 0.355 e. The molecule has 3 N–H and O–H groups in total. The summed E-state index contributed by atoms with van der Waals surface area (Å²) in [6.45, 7) is 4.07. The van der Waals surface area contributed by atoms with Crippen molar-refractivity contribution >= 4 is 57.7 Å². The topological polar surface area (TPSA) is 172 Å². The van der Waals surface area contributed by atoms with Crippen LogP contribution in [0.25, 0.3) is 0 Å². The highest BCUT2D eigenvalue weighted by Gasteiger charge is 2.54. The zero-order valence-electron chi connectivity index (χ0n) is 23.0. The first-order valence-electron chi connectivity index (χ1n) is 13.2. The van der Waals surface area contributed by atoms with Crippen molar-refractivity contribution in [2.24, 2.45) is 5.16 Å². The Labute approximate surface area is 245 Å². The van der Waals surface area contributed by atoms with E-state index in [2.05, 4.69) is 15.5 Å². The fraction of sp³-hybridized carbons (Fsp3) is 0.538. The molecule has 15 heteroatoms. The number of carbonyl (C=O) groups excluding carboxylic acids is 4. The highest BCUT2D eigenvalue weighted by atomic mass is 32.2. The number of fused-ring (bicyclic) bond motifs is 1. The second kappa shape index (κ2) is 14.0. The number of allylic oxidation sites excluding steroid dienone is 1. The Bertz CT molecular complexity index is 1270. The van der Waals surface area contributed by atoms with Crippen molar-refractivity contribution in [3.8, 4) is 0 Å². The van der Waals surface area contributed by atoms with Gasteiger partial charge in [0.25, 0.3) is 11.8 Å². The lowest BCUT2D eigenvalue weighted by atomic mass is 10.0. The number of hydrogen-bond donors (Lipinski definition) is 2. The predicted octanol–water partition coefficient (Wildman–Crippen LogP) is 1.74. The number of hydrogen-bond acceptors (Lipinski definition) is 13. The van der Waals surface area contributed by atoms with Crippen LogP contribution in [0.1, 0.15) is 45.2 Å². The van der Waals surface area contributed by atoms with E-state index in [-0.39, 0.29) is 47.1 Å². The number of nitrogen functional groups attached to an aromatic ring is 1. The fourth-order valence-electron chi connectivity index (χ4n) is 4.52. The van der Waals surface area contributed by atoms with Crippen molar-refractivity contribution in [3.05, 3.63) is 34.0 Å². The van der Waals surface area contributed by atoms with E-state index in [1.165, 1.54) is 23.8 Å². The number of amides is 2. The van der Waals surface area contributed by atoms with Crippen molar-refractivity contribution in [1.29, 1.82) is 0 Å². The SMILES string of the molecule is CC/C=C(\COC(=O)C1=C(C)CS[C@@H]2[C@H](NC(=O)/C(=N\OC)c3csc(N)n3)C(=O)N12)C(=O)OCC1CCCCO1. The Balaban J connectivity index is 1.37. The van der Waals surface area contributed by atoms with Crippen LogP contribution in [0.4, 0.5) is 5.13 Å². The van der Waals surface area contributed by atoms with Gasteiger partial charge in [0.2, 0.25) is 0 Å². The highest BCUT2D eigenvalue weighted by Crippen LogP contribution is 2.40. The number of oxime groups is 1. The number of ether oxygens (including phenoxy) is 3. The van der Waals surface area contributed by atoms with Gasteiger partial charge in [-0.15, -0.1) is 23.1 Å². The number of nitrogens with one attached hydrogen (secondary N) is 1. The highest BCUT2D eigenvalue weighted by molar-refractivity contribution is 8.00. The van der Waals surface area contributed by atoms with Crippen LogP contribution in [0.2, 0.25) is 0 Å². The molecule has 0 radical (unpaired) electrons. The molecule has 4 rings (SSSR count). The Kier molecular flexibility index (Phi) is 10.4. The maximum atomic E-state index is 13.2. The van der Waals surface area contributed by atoms with E-state index in [1.54, 1.807) is 18.4 Å². The maximum absolute atomic E-state index is 13.2. The van der Waals surface area contributed by atoms with Crippen LogP contribution in [0.3, 0.4) is 0 Å². The molecule has 41 heavy (non-hydrogen) atoms. The van der Waals surface area contributed by atoms with Gasteiger partial charge in [-0.3, -0.25) is 14.5 Å². The molecule has 2 fully saturated rings. The van der Waals surface area contributed by atoms with Gasteiger partial charge >= 0.3 is 11.9 Å². The number of thioether (sulfide) groups is 1. The summed E-state index contributed by atoms with van der Waals surface area (Å²) < 4.78 is 16.5. The summed E-state index contributed by atoms with van der Waals surface area (Å²) in [5, 5.41) is 7.67. The number of anilines is 1. The zero-order chi connectivity index (χ0) is 29.5. The van der Waals surface area contributed by atoms with Gasteiger partial charge in [-0.1, -0.05) is 18.2 Å². The van der Waals surface area contributed by atoms with Gasteiger partial charge < -0.3 is 30.1 Å². The summed E-state index contributed by atoms with van der Waals surface area (Å²) in [4.78, 5) is 62.1. The van der Waals surface area contributed by atoms with Crippen LogP contribution in [0, 0.1) is 0 Å². The van der Waals surface area contributed by atoms with Crippen LogP contribution in [-0.4, -0.2) is 89.6 Å². The van der Waals surface area contributed by atoms with E-state index >= 15 is 0 Å². The molecular formula is C26H33N5O8S2. The largest absolute Gasteiger partial charge is 0.459 e. The molecule has 3 aliphatic heterocycles. The normalized spacial score (nSPS) is 23.0. The third-order valence-corrected chi connectivity index (χ3v) is 8.64. The zero-order valence-corrected chi connectivity index (χ0v) is 24.7. The van der Waals surface area contributed by atoms with Gasteiger partial charge in [0.15, 0.2) is 10.8 Å². The van der Waals surface area contributed by atoms with Gasteiger partial charge in [-0.2, -0.15) is 0 Å². The third-order valence-electron chi connectivity index (χ3n) is 6.55. The number of thiazole rings is 1. The number of esters is 2. The van der Waals surface area contributed by atoms with Crippen LogP contribution in [-0.2, 0) is 38.2 Å². The summed E-state index contributed by atoms with van der Waals surface area (Å²) in [5.41, 5.74) is 6.72. The Morgan fingerprint density at radius 1 is 1.32 bits per heavy atom. The lowest BCUT2D eigenvalue weighted by Crippen LogP contribution is -2.71. The average molecular weight is 608 g/mol. The lowest BCUT2D eigenvalue weighted by molar-refractivity contribution is -0.153. The Morgan fingerprint density at radius 2 is 2.12 bits per heavy atom. The molecular weight excluding hydrogens is 574 g/mol. The maximum Gasteiger partial charge on any atom is 0.355 e. The lowest BCUT2D eigenvalue weighted by Gasteiger charge is -2.49. The van der Waals surface area contributed by atoms with E-state index in [4.69, 9.17) is 24.8 Å². The molecule has 13 nitrogen and oxygen atoms in total. The molecule has 0 aromatic carbocycles. The Hall–Kier alpha value is -3.43. The molecule has 1 aromatic heterocycles. The molecule has 0 saturated carbocycles. The summed E-state index contributed by atoms with van der Waals surface area (Å²) >= 11 is 2.53. The van der Waals surface area contributed by atoms with Crippen molar-refractivity contribution in [2.45, 2.75) is 57.1 Å². The molecule has 0 bridgehead atoms. The molecule has 3 atom stereocenters. The summed E-state index contributed by atoms with van der Waals surface area (Å²) in [7, 11) is 1.29. The van der Waals surface area contributed by atoms with Crippen LogP contribution in [0.5, 0.6) is 0 Å². The van der Waals surface area contributed by atoms with Crippen LogP contribution < -0.4 is 11.1 Å². The fourth-order valence-corrected chi connectivity index (χ4v) is 6.36. The predicted molar refractivity (Wildman–Crippen MR) is 152 cm³/mol. The number of β-lactam (4-membered cyclic amide) rings is 1. The van der Waals surface area contributed by atoms with Gasteiger partial charge in [-0.25, -0.2) is 14.6 Å². The van der Waals surface area contributed by atoms with E-state index in [1.807, 2.05) is 6.92 Å². The molecule has 0 aliphatic carbocycles. The van der Waals surface area contributed by atoms with E-state index in [0.717, 1.165) is 30.6 Å². The average Bonchev–Trinajstić information content (AvgIpc) is 3.41. The first-order chi connectivity index (χ1) is 19.7. The third kappa shape index (κ3) is 7.08. The van der Waals surface area contributed by atoms with Crippen molar-refractivity contribution < 1.29 is 38.2 Å². The van der Waals surface area contributed by atoms with E-state index in [0.29, 0.717) is 24.4 Å². The standard InChI is InChI=1S/C26H33N5O8S2/c1-4-7-15(24(34)39-11-16-8-5-6-9-37-16)10-38-25(35)20-14(2)12-40-23-19(22(33)31(20)23)29-21(32)18(30-36-3)17-13-41-26(27)28-17/h7,13,16,19,23H,4-6,8-12H2,1-3H3,(H2,27,28)(H,29,32)/b15-7+,30-18-/t16?,19-,23-/m1/s1. The van der Waals surface area contributed by atoms with Crippen molar-refractivity contribution in [1.82, 2.24) is 15.2 Å². The number of rotatable bonds is 11. The second-order valence-electron chi connectivity index (χ2n) is 9.48. The molecule has 222 valence electrons. The molecule has 4 heterocycles. The Morgan fingerprint density at radius 3 is 2.78 bits per heavy atom. The van der Waals surface area contributed by atoms with Gasteiger partial charge in [-0.05, 0) is 38.2 Å². The second-order valence-corrected chi connectivity index (χ2v) is 11.5. The molecule has 2 saturated heterocycles. The van der Waals surface area contributed by atoms with Crippen molar-refractivity contribution in [2.75, 3.05) is 38.4 Å². The van der Waals surface area contributed by atoms with Gasteiger partial charge in [0.1, 0.15) is 43.1 Å². The summed E-state index contributed by atoms with van der Waals surface area (Å²) in [6.07, 6.45) is 4.89. The minimum absolute atomic E-state index is 0.0992. The minimum Gasteiger partial charge on any atom is -0.459 e. The van der Waals surface area contributed by atoms with Crippen LogP contribution >= 0.6 is 23.1 Å². The minimum atomic E-state index is -0.908. The van der Waals surface area contributed by atoms with Crippen molar-refractivity contribution in [3.63, 3.8) is 0 Å². The van der Waals surface area contributed by atoms with E-state index < -0.39 is 35.2 Å². The number of nitrogens with zero attached hydrogens (tertiary/aromatic N) is 3. The summed E-state index contributed by atoms with van der Waals surface area (Å²) in [5.74, 6) is -2.02. The first kappa shape index (κ1) is 30.5. The molecule has 0 spiro atoms. The quantitative estimate of drug-likeness (QED) is 0.123. The van der Waals surface area contributed by atoms with E-state index in [9.17, 15) is 19.2 Å². The summed E-state index contributed by atoms with van der Waals surface area (Å²) in [6, 6.07) is -0.908. The monoisotopic (exact) mass is 607 g/mol. The number of aromatic nitrogens is 1. The molecule has 1 aromatic rings. The van der Waals surface area contributed by atoms with Crippen LogP contribution in [0.15, 0.2) is 33.5 Å².